The van der Waals surface area contributed by atoms with Crippen molar-refractivity contribution >= 4 is 17.3 Å². The fourth-order valence-corrected chi connectivity index (χ4v) is 2.05. The molecule has 72 valence electrons. The van der Waals surface area contributed by atoms with Crippen LogP contribution < -0.4 is 5.73 Å². The van der Waals surface area contributed by atoms with Crippen molar-refractivity contribution in [2.75, 3.05) is 5.73 Å². The summed E-state index contributed by atoms with van der Waals surface area (Å²) in [6, 6.07) is 2.11. The maximum Gasteiger partial charge on any atom is 0.153 e. The third kappa shape index (κ3) is 1.32. The SMILES string of the molecule is N#Cc1c(N)c(Cl)nc2c1CCCC2. The summed E-state index contributed by atoms with van der Waals surface area (Å²) in [5.74, 6) is 0. The van der Waals surface area contributed by atoms with Crippen LogP contribution in [0.4, 0.5) is 5.69 Å². The number of rotatable bonds is 0. The van der Waals surface area contributed by atoms with Gasteiger partial charge in [-0.15, -0.1) is 0 Å². The number of fused-ring (bicyclic) bond motifs is 1. The lowest BCUT2D eigenvalue weighted by molar-refractivity contribution is 0.667. The number of nitrogens with zero attached hydrogens (tertiary/aromatic N) is 2. The Morgan fingerprint density at radius 1 is 1.36 bits per heavy atom. The molecule has 0 aliphatic heterocycles. The second kappa shape index (κ2) is 3.47. The Balaban J connectivity index is 2.67. The fraction of sp³-hybridized carbons (Fsp3) is 0.400. The first-order valence-corrected chi connectivity index (χ1v) is 4.98. The molecule has 4 heteroatoms. The first-order valence-electron chi connectivity index (χ1n) is 4.61. The van der Waals surface area contributed by atoms with E-state index in [1.54, 1.807) is 0 Å². The van der Waals surface area contributed by atoms with Gasteiger partial charge in [0.2, 0.25) is 0 Å². The summed E-state index contributed by atoms with van der Waals surface area (Å²) in [4.78, 5) is 4.21. The number of hydrogen-bond donors (Lipinski definition) is 1. The predicted molar refractivity (Wildman–Crippen MR) is 55.0 cm³/mol. The largest absolute Gasteiger partial charge is 0.395 e. The van der Waals surface area contributed by atoms with Crippen molar-refractivity contribution in [3.8, 4) is 6.07 Å². The van der Waals surface area contributed by atoms with Crippen molar-refractivity contribution in [3.63, 3.8) is 0 Å². The van der Waals surface area contributed by atoms with Gasteiger partial charge in [-0.1, -0.05) is 11.6 Å². The van der Waals surface area contributed by atoms with Crippen LogP contribution in [0.1, 0.15) is 29.7 Å². The van der Waals surface area contributed by atoms with Crippen molar-refractivity contribution in [2.24, 2.45) is 0 Å². The van der Waals surface area contributed by atoms with E-state index in [0.717, 1.165) is 36.9 Å². The second-order valence-corrected chi connectivity index (χ2v) is 3.79. The zero-order valence-electron chi connectivity index (χ0n) is 7.68. The van der Waals surface area contributed by atoms with E-state index in [0.29, 0.717) is 11.3 Å². The first kappa shape index (κ1) is 9.29. The monoisotopic (exact) mass is 207 g/mol. The minimum atomic E-state index is 0.266. The lowest BCUT2D eigenvalue weighted by atomic mass is 9.92. The minimum Gasteiger partial charge on any atom is -0.395 e. The van der Waals surface area contributed by atoms with Gasteiger partial charge in [-0.05, 0) is 31.2 Å². The maximum atomic E-state index is 8.98. The third-order valence-corrected chi connectivity index (χ3v) is 2.87. The van der Waals surface area contributed by atoms with Gasteiger partial charge in [-0.3, -0.25) is 0 Å². The van der Waals surface area contributed by atoms with Gasteiger partial charge in [0.15, 0.2) is 5.15 Å². The molecule has 1 aromatic rings. The molecule has 2 rings (SSSR count). The summed E-state index contributed by atoms with van der Waals surface area (Å²) >= 11 is 5.84. The van der Waals surface area contributed by atoms with Gasteiger partial charge >= 0.3 is 0 Å². The molecule has 2 N–H and O–H groups in total. The van der Waals surface area contributed by atoms with E-state index in [1.165, 1.54) is 0 Å². The number of aryl methyl sites for hydroxylation is 1. The van der Waals surface area contributed by atoms with Gasteiger partial charge in [0.05, 0.1) is 11.3 Å². The van der Waals surface area contributed by atoms with E-state index in [-0.39, 0.29) is 5.15 Å². The Bertz CT molecular complexity index is 420. The summed E-state index contributed by atoms with van der Waals surface area (Å²) in [7, 11) is 0. The van der Waals surface area contributed by atoms with Crippen molar-refractivity contribution in [1.82, 2.24) is 4.98 Å². The van der Waals surface area contributed by atoms with E-state index >= 15 is 0 Å². The van der Waals surface area contributed by atoms with Crippen LogP contribution >= 0.6 is 11.6 Å². The molecule has 0 radical (unpaired) electrons. The van der Waals surface area contributed by atoms with Crippen LogP contribution in [-0.4, -0.2) is 4.98 Å². The molecule has 1 aromatic heterocycles. The van der Waals surface area contributed by atoms with E-state index in [4.69, 9.17) is 22.6 Å². The molecule has 0 atom stereocenters. The zero-order chi connectivity index (χ0) is 10.1. The molecule has 0 spiro atoms. The second-order valence-electron chi connectivity index (χ2n) is 3.44. The highest BCUT2D eigenvalue weighted by atomic mass is 35.5. The highest BCUT2D eigenvalue weighted by molar-refractivity contribution is 6.32. The number of aromatic nitrogens is 1. The van der Waals surface area contributed by atoms with Crippen LogP contribution in [-0.2, 0) is 12.8 Å². The summed E-state index contributed by atoms with van der Waals surface area (Å²) in [5.41, 5.74) is 8.51. The highest BCUT2D eigenvalue weighted by Gasteiger charge is 2.19. The molecule has 3 nitrogen and oxygen atoms in total. The van der Waals surface area contributed by atoms with Gasteiger partial charge in [-0.2, -0.15) is 5.26 Å². The summed E-state index contributed by atoms with van der Waals surface area (Å²) in [6.07, 6.45) is 4.02. The number of nitriles is 1. The topological polar surface area (TPSA) is 62.7 Å². The minimum absolute atomic E-state index is 0.266. The third-order valence-electron chi connectivity index (χ3n) is 2.58. The fourth-order valence-electron chi connectivity index (χ4n) is 1.85. The van der Waals surface area contributed by atoms with E-state index in [9.17, 15) is 0 Å². The lowest BCUT2D eigenvalue weighted by Crippen LogP contribution is -2.10. The number of nitrogen functional groups attached to an aromatic ring is 1. The van der Waals surface area contributed by atoms with Crippen LogP contribution in [0, 0.1) is 11.3 Å². The molecule has 0 fully saturated rings. The lowest BCUT2D eigenvalue weighted by Gasteiger charge is -2.17. The van der Waals surface area contributed by atoms with Crippen LogP contribution in [0.3, 0.4) is 0 Å². The normalized spacial score (nSPS) is 14.6. The standard InChI is InChI=1S/C10H10ClN3/c11-10-9(13)7(5-12)6-3-1-2-4-8(6)14-10/h1-4,13H2. The number of halogens is 1. The van der Waals surface area contributed by atoms with Crippen molar-refractivity contribution < 1.29 is 0 Å². The molecule has 0 saturated carbocycles. The van der Waals surface area contributed by atoms with Crippen LogP contribution in [0.2, 0.25) is 5.15 Å². The molecule has 0 amide bonds. The smallest absolute Gasteiger partial charge is 0.153 e. The first-order chi connectivity index (χ1) is 6.74. The summed E-state index contributed by atoms with van der Waals surface area (Å²) in [5, 5.41) is 9.25. The molecule has 1 heterocycles. The Morgan fingerprint density at radius 2 is 2.07 bits per heavy atom. The van der Waals surface area contributed by atoms with Gasteiger partial charge in [-0.25, -0.2) is 4.98 Å². The highest BCUT2D eigenvalue weighted by Crippen LogP contribution is 2.30. The molecule has 0 unspecified atom stereocenters. The summed E-state index contributed by atoms with van der Waals surface area (Å²) in [6.45, 7) is 0. The number of pyridine rings is 1. The van der Waals surface area contributed by atoms with Crippen molar-refractivity contribution in [3.05, 3.63) is 22.0 Å². The molecule has 14 heavy (non-hydrogen) atoms. The number of hydrogen-bond acceptors (Lipinski definition) is 3. The Hall–Kier alpha value is -1.27. The van der Waals surface area contributed by atoms with E-state index in [1.807, 2.05) is 0 Å². The van der Waals surface area contributed by atoms with Gasteiger partial charge < -0.3 is 5.73 Å². The zero-order valence-corrected chi connectivity index (χ0v) is 8.43. The van der Waals surface area contributed by atoms with Gasteiger partial charge in [0.1, 0.15) is 6.07 Å². The van der Waals surface area contributed by atoms with Crippen molar-refractivity contribution in [1.29, 1.82) is 5.26 Å². The average molecular weight is 208 g/mol. The Morgan fingerprint density at radius 3 is 2.79 bits per heavy atom. The molecule has 1 aliphatic carbocycles. The Kier molecular flexibility index (Phi) is 2.30. The van der Waals surface area contributed by atoms with Crippen LogP contribution in [0.25, 0.3) is 0 Å². The maximum absolute atomic E-state index is 8.98. The summed E-state index contributed by atoms with van der Waals surface area (Å²) < 4.78 is 0. The quantitative estimate of drug-likeness (QED) is 0.663. The van der Waals surface area contributed by atoms with Gasteiger partial charge in [0.25, 0.3) is 0 Å². The average Bonchev–Trinajstić information content (AvgIpc) is 2.20. The van der Waals surface area contributed by atoms with Crippen LogP contribution in [0.5, 0.6) is 0 Å². The molecular formula is C10H10ClN3. The van der Waals surface area contributed by atoms with Crippen LogP contribution in [0.15, 0.2) is 0 Å². The molecule has 0 aromatic carbocycles. The van der Waals surface area contributed by atoms with Gasteiger partial charge in [0, 0.05) is 5.69 Å². The number of anilines is 1. The van der Waals surface area contributed by atoms with Crippen molar-refractivity contribution in [2.45, 2.75) is 25.7 Å². The molecule has 0 bridgehead atoms. The number of nitrogens with two attached hydrogens (primary N) is 1. The Labute approximate surface area is 87.5 Å². The molecule has 0 saturated heterocycles. The molecular weight excluding hydrogens is 198 g/mol. The van der Waals surface area contributed by atoms with E-state index < -0.39 is 0 Å². The predicted octanol–water partition coefficient (Wildman–Crippen LogP) is 2.07. The van der Waals surface area contributed by atoms with E-state index in [2.05, 4.69) is 11.1 Å². The molecule has 1 aliphatic rings.